The predicted octanol–water partition coefficient (Wildman–Crippen LogP) is 2.79. The molecule has 2 heterocycles. The van der Waals surface area contributed by atoms with E-state index in [1.54, 1.807) is 0 Å². The van der Waals surface area contributed by atoms with E-state index in [2.05, 4.69) is 39.5 Å². The molecule has 1 aliphatic rings. The van der Waals surface area contributed by atoms with Crippen molar-refractivity contribution in [2.24, 2.45) is 0 Å². The van der Waals surface area contributed by atoms with Gasteiger partial charge in [-0.3, -0.25) is 4.79 Å². The zero-order valence-corrected chi connectivity index (χ0v) is 16.9. The van der Waals surface area contributed by atoms with Crippen LogP contribution in [-0.2, 0) is 11.3 Å². The molecule has 2 aromatic rings. The Labute approximate surface area is 163 Å². The predicted molar refractivity (Wildman–Crippen MR) is 108 cm³/mol. The first-order valence-corrected chi connectivity index (χ1v) is 10.6. The fraction of sp³-hybridized carbons (Fsp3) is 0.500. The minimum atomic E-state index is -0.141. The number of anilines is 1. The summed E-state index contributed by atoms with van der Waals surface area (Å²) < 4.78 is 0.827. The number of thioether (sulfide) groups is 1. The maximum Gasteiger partial charge on any atom is 0.235 e. The third-order valence-corrected chi connectivity index (χ3v) is 6.50. The van der Waals surface area contributed by atoms with Crippen LogP contribution in [0.2, 0.25) is 0 Å². The summed E-state index contributed by atoms with van der Waals surface area (Å²) >= 11 is 2.99. The lowest BCUT2D eigenvalue weighted by Gasteiger charge is -2.35. The van der Waals surface area contributed by atoms with Gasteiger partial charge in [0.25, 0.3) is 0 Å². The molecule has 1 N–H and O–H groups in total. The summed E-state index contributed by atoms with van der Waals surface area (Å²) in [5.74, 6) is 0.194. The number of nitrogens with zero attached hydrogens (tertiary/aromatic N) is 4. The highest BCUT2D eigenvalue weighted by atomic mass is 32.2. The van der Waals surface area contributed by atoms with E-state index in [1.165, 1.54) is 28.7 Å². The number of benzene rings is 1. The Balaban J connectivity index is 1.48. The highest BCUT2D eigenvalue weighted by Gasteiger charge is 2.25. The highest BCUT2D eigenvalue weighted by Crippen LogP contribution is 2.30. The SMILES string of the molecule is CCN1CCN(C(=O)[C@H](C)Sc2nnc(NCc3ccccc3)s2)CC1. The zero-order chi connectivity index (χ0) is 18.4. The van der Waals surface area contributed by atoms with E-state index in [0.717, 1.165) is 48.7 Å². The van der Waals surface area contributed by atoms with Gasteiger partial charge < -0.3 is 15.1 Å². The van der Waals surface area contributed by atoms with Crippen molar-refractivity contribution in [3.63, 3.8) is 0 Å². The molecular formula is C18H25N5OS2. The van der Waals surface area contributed by atoms with Gasteiger partial charge in [0, 0.05) is 32.7 Å². The van der Waals surface area contributed by atoms with Crippen molar-refractivity contribution in [2.45, 2.75) is 30.0 Å². The molecule has 1 atom stereocenters. The number of piperazine rings is 1. The molecule has 0 radical (unpaired) electrons. The number of hydrogen-bond donors (Lipinski definition) is 1. The first-order valence-electron chi connectivity index (χ1n) is 8.95. The topological polar surface area (TPSA) is 61.4 Å². The smallest absolute Gasteiger partial charge is 0.235 e. The van der Waals surface area contributed by atoms with Gasteiger partial charge in [0.15, 0.2) is 4.34 Å². The summed E-state index contributed by atoms with van der Waals surface area (Å²) in [5, 5.41) is 12.3. The molecule has 1 saturated heterocycles. The number of carbonyl (C=O) groups is 1. The van der Waals surface area contributed by atoms with Crippen molar-refractivity contribution < 1.29 is 4.79 Å². The molecule has 8 heteroatoms. The third-order valence-electron chi connectivity index (χ3n) is 4.45. The van der Waals surface area contributed by atoms with Crippen LogP contribution in [0.15, 0.2) is 34.7 Å². The van der Waals surface area contributed by atoms with Gasteiger partial charge in [0.05, 0.1) is 5.25 Å². The van der Waals surface area contributed by atoms with Crippen LogP contribution < -0.4 is 5.32 Å². The molecule has 26 heavy (non-hydrogen) atoms. The fourth-order valence-electron chi connectivity index (χ4n) is 2.85. The van der Waals surface area contributed by atoms with Gasteiger partial charge in [-0.15, -0.1) is 10.2 Å². The number of hydrogen-bond acceptors (Lipinski definition) is 7. The zero-order valence-electron chi connectivity index (χ0n) is 15.2. The molecule has 0 unspecified atom stereocenters. The number of nitrogens with one attached hydrogen (secondary N) is 1. The normalized spacial score (nSPS) is 16.5. The van der Waals surface area contributed by atoms with Crippen LogP contribution >= 0.6 is 23.1 Å². The molecule has 1 fully saturated rings. The van der Waals surface area contributed by atoms with Crippen LogP contribution in [0.5, 0.6) is 0 Å². The van der Waals surface area contributed by atoms with Crippen molar-refractivity contribution >= 4 is 34.1 Å². The lowest BCUT2D eigenvalue weighted by Crippen LogP contribution is -2.50. The standard InChI is InChI=1S/C18H25N5OS2/c1-3-22-9-11-23(12-10-22)16(24)14(2)25-18-21-20-17(26-18)19-13-15-7-5-4-6-8-15/h4-8,14H,3,9-13H2,1-2H3,(H,19,20)/t14-/m0/s1. The molecule has 140 valence electrons. The Morgan fingerprint density at radius 1 is 1.23 bits per heavy atom. The fourth-order valence-corrected chi connectivity index (χ4v) is 4.82. The van der Waals surface area contributed by atoms with Crippen LogP contribution in [0.4, 0.5) is 5.13 Å². The summed E-state index contributed by atoms with van der Waals surface area (Å²) in [4.78, 5) is 17.0. The summed E-state index contributed by atoms with van der Waals surface area (Å²) in [6.45, 7) is 9.45. The molecule has 0 aliphatic carbocycles. The number of carbonyl (C=O) groups excluding carboxylic acids is 1. The molecule has 1 aliphatic heterocycles. The van der Waals surface area contributed by atoms with Gasteiger partial charge >= 0.3 is 0 Å². The van der Waals surface area contributed by atoms with Crippen molar-refractivity contribution in [2.75, 3.05) is 38.0 Å². The molecule has 1 amide bonds. The average Bonchev–Trinajstić information content (AvgIpc) is 3.14. The van der Waals surface area contributed by atoms with Crippen molar-refractivity contribution in [3.8, 4) is 0 Å². The number of rotatable bonds is 7. The van der Waals surface area contributed by atoms with Crippen LogP contribution in [0.3, 0.4) is 0 Å². The van der Waals surface area contributed by atoms with E-state index < -0.39 is 0 Å². The maximum atomic E-state index is 12.6. The van der Waals surface area contributed by atoms with E-state index >= 15 is 0 Å². The van der Waals surface area contributed by atoms with E-state index in [-0.39, 0.29) is 11.2 Å². The summed E-state index contributed by atoms with van der Waals surface area (Å²) in [6.07, 6.45) is 0. The number of amides is 1. The van der Waals surface area contributed by atoms with E-state index in [9.17, 15) is 4.79 Å². The second-order valence-corrected chi connectivity index (χ2v) is 8.80. The van der Waals surface area contributed by atoms with Crippen molar-refractivity contribution in [1.29, 1.82) is 0 Å². The van der Waals surface area contributed by atoms with E-state index in [4.69, 9.17) is 0 Å². The highest BCUT2D eigenvalue weighted by molar-refractivity contribution is 8.02. The first kappa shape index (κ1) is 19.1. The van der Waals surface area contributed by atoms with Crippen LogP contribution in [0.1, 0.15) is 19.4 Å². The lowest BCUT2D eigenvalue weighted by atomic mass is 10.2. The maximum absolute atomic E-state index is 12.6. The quantitative estimate of drug-likeness (QED) is 0.733. The second-order valence-electron chi connectivity index (χ2n) is 6.23. The van der Waals surface area contributed by atoms with Crippen LogP contribution in [0.25, 0.3) is 0 Å². The Kier molecular flexibility index (Phi) is 6.87. The van der Waals surface area contributed by atoms with Gasteiger partial charge in [-0.2, -0.15) is 0 Å². The Hall–Kier alpha value is -1.64. The Morgan fingerprint density at radius 2 is 1.96 bits per heavy atom. The largest absolute Gasteiger partial charge is 0.356 e. The molecule has 0 saturated carbocycles. The molecule has 3 rings (SSSR count). The third kappa shape index (κ3) is 5.18. The van der Waals surface area contributed by atoms with Gasteiger partial charge in [-0.05, 0) is 19.0 Å². The minimum absolute atomic E-state index is 0.141. The van der Waals surface area contributed by atoms with Crippen LogP contribution in [0, 0.1) is 0 Å². The lowest BCUT2D eigenvalue weighted by molar-refractivity contribution is -0.132. The van der Waals surface area contributed by atoms with Crippen molar-refractivity contribution in [1.82, 2.24) is 20.0 Å². The molecule has 6 nitrogen and oxygen atoms in total. The first-order chi connectivity index (χ1) is 12.7. The minimum Gasteiger partial charge on any atom is -0.356 e. The summed E-state index contributed by atoms with van der Waals surface area (Å²) in [5.41, 5.74) is 1.20. The molecule has 0 bridgehead atoms. The summed E-state index contributed by atoms with van der Waals surface area (Å²) in [6, 6.07) is 10.2. The van der Waals surface area contributed by atoms with Gasteiger partial charge in [0.2, 0.25) is 11.0 Å². The Morgan fingerprint density at radius 3 is 2.65 bits per heavy atom. The molecular weight excluding hydrogens is 366 g/mol. The monoisotopic (exact) mass is 391 g/mol. The van der Waals surface area contributed by atoms with E-state index in [1.807, 2.05) is 30.0 Å². The summed E-state index contributed by atoms with van der Waals surface area (Å²) in [7, 11) is 0. The van der Waals surface area contributed by atoms with Crippen LogP contribution in [-0.4, -0.2) is 63.9 Å². The number of aromatic nitrogens is 2. The van der Waals surface area contributed by atoms with E-state index in [0.29, 0.717) is 0 Å². The Bertz CT molecular complexity index is 701. The van der Waals surface area contributed by atoms with Gasteiger partial charge in [-0.1, -0.05) is 60.4 Å². The van der Waals surface area contributed by atoms with Gasteiger partial charge in [0.1, 0.15) is 0 Å². The second kappa shape index (κ2) is 9.34. The van der Waals surface area contributed by atoms with Gasteiger partial charge in [-0.25, -0.2) is 0 Å². The molecule has 1 aromatic heterocycles. The molecule has 0 spiro atoms. The molecule has 1 aromatic carbocycles. The van der Waals surface area contributed by atoms with Crippen molar-refractivity contribution in [3.05, 3.63) is 35.9 Å². The average molecular weight is 392 g/mol. The number of likely N-dealkylation sites (N-methyl/N-ethyl adjacent to an activating group) is 1.